The molecule has 2 aromatic rings. The first-order chi connectivity index (χ1) is 14.6. The largest absolute Gasteiger partial charge is 0.497 e. The van der Waals surface area contributed by atoms with Crippen molar-refractivity contribution in [3.63, 3.8) is 0 Å². The van der Waals surface area contributed by atoms with Gasteiger partial charge in [0.1, 0.15) is 11.5 Å². The highest BCUT2D eigenvalue weighted by Crippen LogP contribution is 2.39. The van der Waals surface area contributed by atoms with E-state index >= 15 is 0 Å². The first-order valence-corrected chi connectivity index (χ1v) is 9.90. The molecule has 0 bridgehead atoms. The number of methoxy groups -OCH3 is 3. The molecule has 3 rings (SSSR count). The van der Waals surface area contributed by atoms with Crippen LogP contribution in [0.4, 0.5) is 0 Å². The number of hydrogen-bond donors (Lipinski definition) is 1. The van der Waals surface area contributed by atoms with Crippen LogP contribution < -0.4 is 14.8 Å². The van der Waals surface area contributed by atoms with Crippen molar-refractivity contribution in [3.8, 4) is 11.5 Å². The summed E-state index contributed by atoms with van der Waals surface area (Å²) in [5, 5.41) is 2.97. The number of benzene rings is 1. The number of nitrogens with zero attached hydrogens (tertiary/aromatic N) is 1. The minimum absolute atomic E-state index is 0.0938. The average molecular weight is 416 g/mol. The van der Waals surface area contributed by atoms with Crippen LogP contribution in [0.3, 0.4) is 0 Å². The maximum absolute atomic E-state index is 13.0. The van der Waals surface area contributed by atoms with Gasteiger partial charge in [0.2, 0.25) is 5.91 Å². The Morgan fingerprint density at radius 2 is 2.00 bits per heavy atom. The molecule has 0 aliphatic carbocycles. The summed E-state index contributed by atoms with van der Waals surface area (Å²) < 4.78 is 21.1. The molecule has 1 aromatic carbocycles. The molecule has 1 saturated heterocycles. The highest BCUT2D eigenvalue weighted by Gasteiger charge is 2.42. The van der Waals surface area contributed by atoms with Gasteiger partial charge in [0.05, 0.1) is 26.4 Å². The van der Waals surface area contributed by atoms with E-state index in [1.54, 1.807) is 44.4 Å². The number of carbonyl (C=O) groups is 2. The minimum Gasteiger partial charge on any atom is -0.497 e. The van der Waals surface area contributed by atoms with Crippen molar-refractivity contribution in [1.29, 1.82) is 0 Å². The molecule has 0 spiro atoms. The van der Waals surface area contributed by atoms with Crippen LogP contribution in [0.25, 0.3) is 0 Å². The maximum Gasteiger partial charge on any atom is 0.289 e. The molecule has 1 aliphatic rings. The summed E-state index contributed by atoms with van der Waals surface area (Å²) in [5.41, 5.74) is 0.866. The highest BCUT2D eigenvalue weighted by atomic mass is 16.5. The lowest BCUT2D eigenvalue weighted by molar-refractivity contribution is -0.125. The van der Waals surface area contributed by atoms with Crippen molar-refractivity contribution < 1.29 is 28.2 Å². The SMILES string of the molecule is COCCCNC(=O)[C@@H]1CN(C(=O)c2ccco2)C[C@@H]1c1ccc(OC)cc1OC. The van der Waals surface area contributed by atoms with Crippen molar-refractivity contribution in [2.24, 2.45) is 5.92 Å². The molecule has 1 aromatic heterocycles. The van der Waals surface area contributed by atoms with Crippen molar-refractivity contribution in [1.82, 2.24) is 10.2 Å². The summed E-state index contributed by atoms with van der Waals surface area (Å²) in [5.74, 6) is 0.606. The number of likely N-dealkylation sites (tertiary alicyclic amines) is 1. The third kappa shape index (κ3) is 4.76. The van der Waals surface area contributed by atoms with Gasteiger partial charge in [0, 0.05) is 50.9 Å². The Kier molecular flexibility index (Phi) is 7.35. The second kappa shape index (κ2) is 10.2. The number of hydrogen-bond acceptors (Lipinski definition) is 6. The predicted molar refractivity (Wildman–Crippen MR) is 110 cm³/mol. The Balaban J connectivity index is 1.85. The average Bonchev–Trinajstić information content (AvgIpc) is 3.46. The lowest BCUT2D eigenvalue weighted by Gasteiger charge is -2.21. The van der Waals surface area contributed by atoms with Gasteiger partial charge in [-0.3, -0.25) is 9.59 Å². The molecule has 8 nitrogen and oxygen atoms in total. The van der Waals surface area contributed by atoms with Crippen LogP contribution in [0, 0.1) is 5.92 Å². The summed E-state index contributed by atoms with van der Waals surface area (Å²) in [6, 6.07) is 8.83. The molecule has 2 atom stereocenters. The summed E-state index contributed by atoms with van der Waals surface area (Å²) in [6.07, 6.45) is 2.19. The molecule has 0 radical (unpaired) electrons. The van der Waals surface area contributed by atoms with Gasteiger partial charge in [-0.15, -0.1) is 0 Å². The second-order valence-corrected chi connectivity index (χ2v) is 7.15. The van der Waals surface area contributed by atoms with Crippen LogP contribution >= 0.6 is 0 Å². The molecule has 8 heteroatoms. The summed E-state index contributed by atoms with van der Waals surface area (Å²) in [6.45, 7) is 1.78. The van der Waals surface area contributed by atoms with Crippen LogP contribution in [0.2, 0.25) is 0 Å². The molecule has 0 saturated carbocycles. The first-order valence-electron chi connectivity index (χ1n) is 9.90. The first kappa shape index (κ1) is 21.7. The third-order valence-corrected chi connectivity index (χ3v) is 5.34. The van der Waals surface area contributed by atoms with Gasteiger partial charge < -0.3 is 28.8 Å². The number of amides is 2. The van der Waals surface area contributed by atoms with Crippen molar-refractivity contribution >= 4 is 11.8 Å². The Morgan fingerprint density at radius 3 is 2.67 bits per heavy atom. The zero-order valence-corrected chi connectivity index (χ0v) is 17.6. The highest BCUT2D eigenvalue weighted by molar-refractivity contribution is 5.92. The number of ether oxygens (including phenoxy) is 3. The normalized spacial score (nSPS) is 18.3. The van der Waals surface area contributed by atoms with E-state index < -0.39 is 5.92 Å². The van der Waals surface area contributed by atoms with E-state index in [4.69, 9.17) is 18.6 Å². The number of furan rings is 1. The van der Waals surface area contributed by atoms with E-state index in [0.717, 1.165) is 12.0 Å². The topological polar surface area (TPSA) is 90.2 Å². The molecule has 162 valence electrons. The van der Waals surface area contributed by atoms with E-state index in [1.807, 2.05) is 12.1 Å². The Morgan fingerprint density at radius 1 is 1.17 bits per heavy atom. The monoisotopic (exact) mass is 416 g/mol. The lowest BCUT2D eigenvalue weighted by atomic mass is 9.87. The number of rotatable bonds is 9. The molecule has 0 unspecified atom stereocenters. The maximum atomic E-state index is 13.0. The summed E-state index contributed by atoms with van der Waals surface area (Å²) >= 11 is 0. The summed E-state index contributed by atoms with van der Waals surface area (Å²) in [4.78, 5) is 27.5. The van der Waals surface area contributed by atoms with Crippen LogP contribution in [0.1, 0.15) is 28.5 Å². The van der Waals surface area contributed by atoms with E-state index in [2.05, 4.69) is 5.32 Å². The quantitative estimate of drug-likeness (QED) is 0.631. The second-order valence-electron chi connectivity index (χ2n) is 7.15. The molecule has 2 amide bonds. The lowest BCUT2D eigenvalue weighted by Crippen LogP contribution is -2.36. The van der Waals surface area contributed by atoms with Crippen LogP contribution in [-0.2, 0) is 9.53 Å². The van der Waals surface area contributed by atoms with Gasteiger partial charge in [-0.2, -0.15) is 0 Å². The standard InChI is InChI=1S/C22H28N2O6/c1-27-10-5-9-23-21(25)18-14-24(22(26)19-6-4-11-30-19)13-17(18)16-8-7-15(28-2)12-20(16)29-3/h4,6-8,11-12,17-18H,5,9-10,13-14H2,1-3H3,(H,23,25)/t17-,18-/m1/s1. The van der Waals surface area contributed by atoms with E-state index in [1.165, 1.54) is 6.26 Å². The molecular weight excluding hydrogens is 388 g/mol. The Bertz CT molecular complexity index is 851. The van der Waals surface area contributed by atoms with Crippen molar-refractivity contribution in [3.05, 3.63) is 47.9 Å². The molecular formula is C22H28N2O6. The molecule has 1 N–H and O–H groups in total. The van der Waals surface area contributed by atoms with E-state index in [0.29, 0.717) is 37.7 Å². The predicted octanol–water partition coefficient (Wildman–Crippen LogP) is 2.31. The minimum atomic E-state index is -0.409. The van der Waals surface area contributed by atoms with Gasteiger partial charge >= 0.3 is 0 Å². The van der Waals surface area contributed by atoms with Gasteiger partial charge in [-0.25, -0.2) is 0 Å². The van der Waals surface area contributed by atoms with Gasteiger partial charge in [-0.05, 0) is 24.6 Å². The zero-order chi connectivity index (χ0) is 21.5. The van der Waals surface area contributed by atoms with Gasteiger partial charge in [0.25, 0.3) is 5.91 Å². The number of nitrogens with one attached hydrogen (secondary N) is 1. The molecule has 30 heavy (non-hydrogen) atoms. The van der Waals surface area contributed by atoms with Crippen LogP contribution in [-0.4, -0.2) is 64.3 Å². The van der Waals surface area contributed by atoms with E-state index in [9.17, 15) is 9.59 Å². The van der Waals surface area contributed by atoms with Crippen molar-refractivity contribution in [2.45, 2.75) is 12.3 Å². The van der Waals surface area contributed by atoms with Crippen LogP contribution in [0.15, 0.2) is 41.0 Å². The fraction of sp³-hybridized carbons (Fsp3) is 0.455. The van der Waals surface area contributed by atoms with Gasteiger partial charge in [0.15, 0.2) is 5.76 Å². The van der Waals surface area contributed by atoms with Crippen LogP contribution in [0.5, 0.6) is 11.5 Å². The fourth-order valence-electron chi connectivity index (χ4n) is 3.79. The fourth-order valence-corrected chi connectivity index (χ4v) is 3.79. The van der Waals surface area contributed by atoms with Crippen molar-refractivity contribution in [2.75, 3.05) is 47.6 Å². The Hall–Kier alpha value is -3.00. The number of carbonyl (C=O) groups excluding carboxylic acids is 2. The molecule has 1 aliphatic heterocycles. The zero-order valence-electron chi connectivity index (χ0n) is 17.6. The molecule has 1 fully saturated rings. The molecule has 2 heterocycles. The van der Waals surface area contributed by atoms with Gasteiger partial charge in [-0.1, -0.05) is 6.07 Å². The summed E-state index contributed by atoms with van der Waals surface area (Å²) in [7, 11) is 4.80. The Labute approximate surface area is 176 Å². The smallest absolute Gasteiger partial charge is 0.289 e. The third-order valence-electron chi connectivity index (χ3n) is 5.34. The van der Waals surface area contributed by atoms with E-state index in [-0.39, 0.29) is 23.5 Å².